The number of nitrogens with zero attached hydrogens (tertiary/aromatic N) is 2. The molecule has 0 fully saturated rings. The van der Waals surface area contributed by atoms with Crippen LogP contribution in [-0.2, 0) is 24.2 Å². The first-order valence-corrected chi connectivity index (χ1v) is 10.5. The fourth-order valence-corrected chi connectivity index (χ4v) is 3.97. The smallest absolute Gasteiger partial charge is 0.256 e. The Hall–Kier alpha value is -2.43. The van der Waals surface area contributed by atoms with Gasteiger partial charge in [-0.25, -0.2) is 4.98 Å². The lowest BCUT2D eigenvalue weighted by Crippen LogP contribution is -2.42. The Morgan fingerprint density at radius 2 is 2.14 bits per heavy atom. The van der Waals surface area contributed by atoms with E-state index in [4.69, 9.17) is 4.98 Å². The van der Waals surface area contributed by atoms with Gasteiger partial charge in [-0.3, -0.25) is 9.59 Å². The van der Waals surface area contributed by atoms with E-state index in [1.54, 1.807) is 0 Å². The summed E-state index contributed by atoms with van der Waals surface area (Å²) in [6.45, 7) is 7.30. The van der Waals surface area contributed by atoms with Crippen molar-refractivity contribution in [1.82, 2.24) is 14.9 Å². The van der Waals surface area contributed by atoms with Gasteiger partial charge in [0.25, 0.3) is 5.56 Å². The van der Waals surface area contributed by atoms with Crippen molar-refractivity contribution in [3.63, 3.8) is 0 Å². The minimum absolute atomic E-state index is 0.0640. The summed E-state index contributed by atoms with van der Waals surface area (Å²) in [5, 5.41) is 0. The predicted molar refractivity (Wildman–Crippen MR) is 111 cm³/mol. The highest BCUT2D eigenvalue weighted by atomic mass is 16.2. The molecule has 5 nitrogen and oxygen atoms in total. The second-order valence-electron chi connectivity index (χ2n) is 7.86. The Bertz CT molecular complexity index is 888. The van der Waals surface area contributed by atoms with Crippen LogP contribution < -0.4 is 5.56 Å². The molecule has 2 aromatic rings. The van der Waals surface area contributed by atoms with E-state index in [0.29, 0.717) is 37.3 Å². The maximum atomic E-state index is 12.9. The highest BCUT2D eigenvalue weighted by Crippen LogP contribution is 2.21. The number of aryl methyl sites for hydroxylation is 1. The van der Waals surface area contributed by atoms with Crippen LogP contribution >= 0.6 is 0 Å². The number of carbonyl (C=O) groups excluding carboxylic acids is 1. The molecule has 5 heteroatoms. The number of hydrogen-bond acceptors (Lipinski definition) is 3. The van der Waals surface area contributed by atoms with Crippen LogP contribution in [0.1, 0.15) is 67.7 Å². The molecular weight excluding hydrogens is 350 g/mol. The van der Waals surface area contributed by atoms with Crippen molar-refractivity contribution in [3.8, 4) is 0 Å². The molecule has 1 unspecified atom stereocenters. The van der Waals surface area contributed by atoms with Gasteiger partial charge in [-0.05, 0) is 25.3 Å². The minimum Gasteiger partial charge on any atom is -0.337 e. The number of H-pyrrole nitrogens is 1. The average molecular weight is 382 g/mol. The number of aromatic amines is 1. The molecule has 0 spiro atoms. The zero-order valence-electron chi connectivity index (χ0n) is 17.3. The maximum absolute atomic E-state index is 12.9. The van der Waals surface area contributed by atoms with Crippen LogP contribution in [0.5, 0.6) is 0 Å². The summed E-state index contributed by atoms with van der Waals surface area (Å²) in [5.74, 6) is 0.947. The van der Waals surface area contributed by atoms with Crippen LogP contribution in [0.25, 0.3) is 0 Å². The third kappa shape index (κ3) is 4.70. The normalized spacial score (nSPS) is 14.6. The third-order valence-corrected chi connectivity index (χ3v) is 5.63. The molecule has 0 bridgehead atoms. The van der Waals surface area contributed by atoms with E-state index in [-0.39, 0.29) is 17.4 Å². The van der Waals surface area contributed by atoms with Gasteiger partial charge in [-0.2, -0.15) is 0 Å². The summed E-state index contributed by atoms with van der Waals surface area (Å²) in [4.78, 5) is 35.1. The van der Waals surface area contributed by atoms with E-state index in [0.717, 1.165) is 36.9 Å². The molecule has 1 aromatic carbocycles. The minimum atomic E-state index is -0.105. The molecule has 0 aliphatic carbocycles. The number of aromatic nitrogens is 2. The van der Waals surface area contributed by atoms with Crippen LogP contribution in [0.15, 0.2) is 29.1 Å². The Balaban J connectivity index is 1.75. The molecule has 1 aliphatic rings. The van der Waals surface area contributed by atoms with Crippen molar-refractivity contribution in [3.05, 3.63) is 62.8 Å². The van der Waals surface area contributed by atoms with Crippen molar-refractivity contribution < 1.29 is 4.79 Å². The second-order valence-corrected chi connectivity index (χ2v) is 7.86. The number of hydrogen-bond donors (Lipinski definition) is 1. The molecule has 0 saturated carbocycles. The van der Waals surface area contributed by atoms with E-state index in [1.807, 2.05) is 17.0 Å². The van der Waals surface area contributed by atoms with E-state index < -0.39 is 0 Å². The molecule has 1 aromatic heterocycles. The summed E-state index contributed by atoms with van der Waals surface area (Å²) in [6.07, 6.45) is 5.21. The first-order chi connectivity index (χ1) is 13.5. The van der Waals surface area contributed by atoms with Gasteiger partial charge in [0.05, 0.1) is 17.8 Å². The van der Waals surface area contributed by atoms with Crippen LogP contribution in [0.3, 0.4) is 0 Å². The fourth-order valence-electron chi connectivity index (χ4n) is 3.97. The highest BCUT2D eigenvalue weighted by molar-refractivity contribution is 5.79. The van der Waals surface area contributed by atoms with E-state index in [1.165, 1.54) is 5.56 Å². The van der Waals surface area contributed by atoms with E-state index >= 15 is 0 Å². The van der Waals surface area contributed by atoms with Crippen LogP contribution in [0, 0.1) is 12.8 Å². The number of nitrogens with one attached hydrogen (secondary N) is 1. The predicted octanol–water partition coefficient (Wildman–Crippen LogP) is 3.77. The third-order valence-electron chi connectivity index (χ3n) is 5.63. The SMILES string of the molecule is CCCCC(CC)C(=O)N1CCc2nc(Cc3cccc(C)c3)[nH]c(=O)c2C1. The molecule has 2 heterocycles. The molecule has 0 saturated heterocycles. The van der Waals surface area contributed by atoms with Crippen molar-refractivity contribution in [1.29, 1.82) is 0 Å². The Morgan fingerprint density at radius 1 is 1.32 bits per heavy atom. The van der Waals surface area contributed by atoms with Crippen molar-refractivity contribution in [2.75, 3.05) is 6.54 Å². The van der Waals surface area contributed by atoms with Crippen molar-refractivity contribution in [2.24, 2.45) is 5.92 Å². The zero-order chi connectivity index (χ0) is 20.1. The summed E-state index contributed by atoms with van der Waals surface area (Å²) in [6, 6.07) is 8.24. The van der Waals surface area contributed by atoms with Gasteiger partial charge in [0.1, 0.15) is 5.82 Å². The highest BCUT2D eigenvalue weighted by Gasteiger charge is 2.28. The number of fused-ring (bicyclic) bond motifs is 1. The number of unbranched alkanes of at least 4 members (excludes halogenated alkanes) is 1. The van der Waals surface area contributed by atoms with Gasteiger partial charge in [-0.15, -0.1) is 0 Å². The first kappa shape index (κ1) is 20.3. The van der Waals surface area contributed by atoms with Crippen molar-refractivity contribution in [2.45, 2.75) is 65.8 Å². The number of rotatable bonds is 7. The first-order valence-electron chi connectivity index (χ1n) is 10.5. The largest absolute Gasteiger partial charge is 0.337 e. The molecule has 28 heavy (non-hydrogen) atoms. The number of amides is 1. The maximum Gasteiger partial charge on any atom is 0.256 e. The van der Waals surface area contributed by atoms with Crippen molar-refractivity contribution >= 4 is 5.91 Å². The van der Waals surface area contributed by atoms with E-state index in [9.17, 15) is 9.59 Å². The lowest BCUT2D eigenvalue weighted by molar-refractivity contribution is -0.136. The average Bonchev–Trinajstić information content (AvgIpc) is 2.68. The quantitative estimate of drug-likeness (QED) is 0.794. The molecule has 150 valence electrons. The molecule has 3 rings (SSSR count). The van der Waals surface area contributed by atoms with Crippen LogP contribution in [0.2, 0.25) is 0 Å². The number of benzene rings is 1. The molecule has 1 N–H and O–H groups in total. The lowest BCUT2D eigenvalue weighted by atomic mass is 9.96. The standard InChI is InChI=1S/C23H31N3O2/c1-4-6-10-18(5-2)23(28)26-12-11-20-19(15-26)22(27)25-21(24-20)14-17-9-7-8-16(3)13-17/h7-9,13,18H,4-6,10-12,14-15H2,1-3H3,(H,24,25,27). The molecule has 1 atom stereocenters. The molecule has 1 amide bonds. The topological polar surface area (TPSA) is 66.1 Å². The molecule has 1 aliphatic heterocycles. The zero-order valence-corrected chi connectivity index (χ0v) is 17.3. The van der Waals surface area contributed by atoms with Gasteiger partial charge in [0, 0.05) is 25.3 Å². The number of carbonyl (C=O) groups is 1. The van der Waals surface area contributed by atoms with Gasteiger partial charge < -0.3 is 9.88 Å². The van der Waals surface area contributed by atoms with Gasteiger partial charge in [0.15, 0.2) is 0 Å². The Labute approximate surface area is 167 Å². The summed E-state index contributed by atoms with van der Waals surface area (Å²) >= 11 is 0. The Morgan fingerprint density at radius 3 is 2.86 bits per heavy atom. The lowest BCUT2D eigenvalue weighted by Gasteiger charge is -2.31. The van der Waals surface area contributed by atoms with Crippen LogP contribution in [0.4, 0.5) is 0 Å². The Kier molecular flexibility index (Phi) is 6.65. The van der Waals surface area contributed by atoms with E-state index in [2.05, 4.69) is 37.9 Å². The van der Waals surface area contributed by atoms with Crippen LogP contribution in [-0.4, -0.2) is 27.3 Å². The summed E-state index contributed by atoms with van der Waals surface area (Å²) in [7, 11) is 0. The van der Waals surface area contributed by atoms with Gasteiger partial charge in [0.2, 0.25) is 5.91 Å². The monoisotopic (exact) mass is 381 g/mol. The molecular formula is C23H31N3O2. The van der Waals surface area contributed by atoms with Gasteiger partial charge in [-0.1, -0.05) is 56.5 Å². The molecule has 0 radical (unpaired) electrons. The summed E-state index contributed by atoms with van der Waals surface area (Å²) in [5.41, 5.74) is 3.72. The van der Waals surface area contributed by atoms with Gasteiger partial charge >= 0.3 is 0 Å². The summed E-state index contributed by atoms with van der Waals surface area (Å²) < 4.78 is 0. The fraction of sp³-hybridized carbons (Fsp3) is 0.522. The second kappa shape index (κ2) is 9.18.